The van der Waals surface area contributed by atoms with Gasteiger partial charge in [-0.2, -0.15) is 9.64 Å². The van der Waals surface area contributed by atoms with Crippen molar-refractivity contribution in [2.24, 2.45) is 0 Å². The number of halogens is 1. The second-order valence-electron chi connectivity index (χ2n) is 8.83. The predicted octanol–water partition coefficient (Wildman–Crippen LogP) is 4.81. The lowest BCUT2D eigenvalue weighted by Gasteiger charge is -2.08. The molecule has 45 heavy (non-hydrogen) atoms. The Morgan fingerprint density at radius 2 is 1.44 bits per heavy atom. The smallest absolute Gasteiger partial charge is 0.263 e. The first-order valence-corrected chi connectivity index (χ1v) is 17.3. The van der Waals surface area contributed by atoms with Gasteiger partial charge in [-0.1, -0.05) is 18.3 Å². The molecule has 18 heteroatoms. The fourth-order valence-corrected chi connectivity index (χ4v) is 7.06. The van der Waals surface area contributed by atoms with Crippen LogP contribution < -0.4 is 14.8 Å². The molecule has 0 saturated heterocycles. The Morgan fingerprint density at radius 3 is 1.96 bits per heavy atom. The average molecular weight is 687 g/mol. The summed E-state index contributed by atoms with van der Waals surface area (Å²) >= 11 is 2.14. The Kier molecular flexibility index (Phi) is 10.5. The van der Waals surface area contributed by atoms with Gasteiger partial charge < -0.3 is 5.32 Å². The number of hydrogen-bond acceptors (Lipinski definition) is 12. The van der Waals surface area contributed by atoms with Crippen LogP contribution in [0.4, 0.5) is 20.3 Å². The summed E-state index contributed by atoms with van der Waals surface area (Å²) in [6.45, 7) is 3.58. The largest absolute Gasteiger partial charge is 0.322 e. The topological polar surface area (TPSA) is 197 Å². The lowest BCUT2D eigenvalue weighted by Crippen LogP contribution is -2.14. The highest BCUT2D eigenvalue weighted by molar-refractivity contribution is 7.93. The van der Waals surface area contributed by atoms with Crippen LogP contribution in [0.15, 0.2) is 82.6 Å². The minimum Gasteiger partial charge on any atom is -0.322 e. The van der Waals surface area contributed by atoms with Crippen LogP contribution in [0.5, 0.6) is 0 Å². The molecule has 5 rings (SSSR count). The normalized spacial score (nSPS) is 11.1. The zero-order valence-corrected chi connectivity index (χ0v) is 26.7. The van der Waals surface area contributed by atoms with Gasteiger partial charge in [-0.3, -0.25) is 14.2 Å². The molecule has 0 aliphatic heterocycles. The number of sulfonamides is 2. The number of nitriles is 1. The summed E-state index contributed by atoms with van der Waals surface area (Å²) < 4.78 is 70.2. The molecule has 0 saturated carbocycles. The SMILES string of the molecule is CCc1nnc(NS(=O)(=O)c2ccc(NC(=O)c3ccc(F)cc3)cc2)s1.Cc1nsc(NS(=O)(=O)c2ccc(C#N)cc2)n1. The van der Waals surface area contributed by atoms with Crippen molar-refractivity contribution in [2.45, 2.75) is 30.1 Å². The Labute approximate surface area is 266 Å². The first kappa shape index (κ1) is 33.1. The van der Waals surface area contributed by atoms with Gasteiger partial charge in [0.2, 0.25) is 10.3 Å². The Balaban J connectivity index is 0.000000222. The van der Waals surface area contributed by atoms with Crippen molar-refractivity contribution in [1.82, 2.24) is 19.6 Å². The van der Waals surface area contributed by atoms with E-state index < -0.39 is 31.8 Å². The Hall–Kier alpha value is -4.83. The number of carbonyl (C=O) groups excluding carboxylic acids is 1. The number of nitrogens with zero attached hydrogens (tertiary/aromatic N) is 5. The molecule has 0 spiro atoms. The van der Waals surface area contributed by atoms with E-state index in [1.165, 1.54) is 84.1 Å². The monoisotopic (exact) mass is 686 g/mol. The van der Waals surface area contributed by atoms with Crippen LogP contribution >= 0.6 is 22.9 Å². The summed E-state index contributed by atoms with van der Waals surface area (Å²) in [4.78, 5) is 16.1. The van der Waals surface area contributed by atoms with Crippen LogP contribution in [0.3, 0.4) is 0 Å². The van der Waals surface area contributed by atoms with Crippen LogP contribution in [-0.4, -0.2) is 42.3 Å². The summed E-state index contributed by atoms with van der Waals surface area (Å²) in [5.41, 5.74) is 1.10. The van der Waals surface area contributed by atoms with E-state index in [1.54, 1.807) is 6.92 Å². The molecule has 232 valence electrons. The molecular formula is C27H23FN8O5S4. The van der Waals surface area contributed by atoms with Gasteiger partial charge in [0, 0.05) is 22.8 Å². The van der Waals surface area contributed by atoms with Gasteiger partial charge in [0.05, 0.1) is 21.4 Å². The van der Waals surface area contributed by atoms with Crippen molar-refractivity contribution >= 4 is 64.8 Å². The maximum absolute atomic E-state index is 12.9. The Morgan fingerprint density at radius 1 is 0.867 bits per heavy atom. The fourth-order valence-electron chi connectivity index (χ4n) is 3.35. The van der Waals surface area contributed by atoms with Crippen LogP contribution in [0, 0.1) is 24.1 Å². The number of nitrogens with one attached hydrogen (secondary N) is 3. The van der Waals surface area contributed by atoms with E-state index >= 15 is 0 Å². The second kappa shape index (κ2) is 14.3. The van der Waals surface area contributed by atoms with Gasteiger partial charge >= 0.3 is 0 Å². The minimum absolute atomic E-state index is 0.0236. The number of aromatic nitrogens is 4. The lowest BCUT2D eigenvalue weighted by atomic mass is 10.2. The quantitative estimate of drug-likeness (QED) is 0.193. The average Bonchev–Trinajstić information content (AvgIpc) is 3.65. The van der Waals surface area contributed by atoms with Crippen molar-refractivity contribution in [3.8, 4) is 6.07 Å². The highest BCUT2D eigenvalue weighted by Crippen LogP contribution is 2.22. The van der Waals surface area contributed by atoms with Crippen LogP contribution in [-0.2, 0) is 26.5 Å². The molecular weight excluding hydrogens is 664 g/mol. The number of amides is 1. The van der Waals surface area contributed by atoms with E-state index in [-0.39, 0.29) is 25.6 Å². The number of hydrogen-bond donors (Lipinski definition) is 3. The molecule has 0 atom stereocenters. The van der Waals surface area contributed by atoms with Crippen molar-refractivity contribution in [2.75, 3.05) is 14.8 Å². The van der Waals surface area contributed by atoms with Crippen molar-refractivity contribution < 1.29 is 26.0 Å². The Bertz CT molecular complexity index is 2040. The van der Waals surface area contributed by atoms with Crippen LogP contribution in [0.1, 0.15) is 33.7 Å². The van der Waals surface area contributed by atoms with Crippen molar-refractivity contribution in [3.63, 3.8) is 0 Å². The van der Waals surface area contributed by atoms with Gasteiger partial charge in [-0.25, -0.2) is 26.2 Å². The third kappa shape index (κ3) is 9.09. The second-order valence-corrected chi connectivity index (χ2v) is 14.0. The molecule has 2 aromatic heterocycles. The third-order valence-electron chi connectivity index (χ3n) is 5.56. The minimum atomic E-state index is -3.81. The molecule has 2 heterocycles. The molecule has 13 nitrogen and oxygen atoms in total. The van der Waals surface area contributed by atoms with Gasteiger partial charge in [-0.15, -0.1) is 10.2 Å². The predicted molar refractivity (Wildman–Crippen MR) is 168 cm³/mol. The summed E-state index contributed by atoms with van der Waals surface area (Å²) in [6.07, 6.45) is 0.668. The highest BCUT2D eigenvalue weighted by atomic mass is 32.2. The standard InChI is InChI=1S/C17H15FN4O3S2.C10H8N4O2S2/c1-2-15-20-21-17(26-15)22-27(24,25)14-9-7-13(8-10-14)19-16(23)11-3-5-12(18)6-4-11;1-7-12-10(17-13-7)14-18(15,16)9-4-2-8(6-11)3-5-9/h3-10H,2H2,1H3,(H,19,23)(H,21,22);2-5H,1H3,(H,12,13,14). The third-order valence-corrected chi connectivity index (χ3v) is 10.2. The molecule has 3 N–H and O–H groups in total. The van der Waals surface area contributed by atoms with Gasteiger partial charge in [-0.05, 0) is 86.1 Å². The number of anilines is 3. The number of benzene rings is 3. The molecule has 0 fully saturated rings. The number of carbonyl (C=O) groups is 1. The number of rotatable bonds is 9. The molecule has 0 aliphatic rings. The summed E-state index contributed by atoms with van der Waals surface area (Å²) in [5.74, 6) is -0.350. The summed E-state index contributed by atoms with van der Waals surface area (Å²) in [6, 6.07) is 18.3. The zero-order valence-electron chi connectivity index (χ0n) is 23.4. The fraction of sp³-hybridized carbons (Fsp3) is 0.111. The maximum Gasteiger partial charge on any atom is 0.263 e. The first-order valence-electron chi connectivity index (χ1n) is 12.7. The summed E-state index contributed by atoms with van der Waals surface area (Å²) in [5, 5.41) is 20.1. The highest BCUT2D eigenvalue weighted by Gasteiger charge is 2.18. The van der Waals surface area contributed by atoms with E-state index in [9.17, 15) is 26.0 Å². The van der Waals surface area contributed by atoms with Gasteiger partial charge in [0.15, 0.2) is 0 Å². The molecule has 3 aromatic carbocycles. The molecule has 1 amide bonds. The summed E-state index contributed by atoms with van der Waals surface area (Å²) in [7, 11) is -7.48. The molecule has 0 radical (unpaired) electrons. The molecule has 0 unspecified atom stereocenters. The van der Waals surface area contributed by atoms with Crippen molar-refractivity contribution in [3.05, 3.63) is 101 Å². The van der Waals surface area contributed by atoms with Crippen molar-refractivity contribution in [1.29, 1.82) is 5.26 Å². The van der Waals surface area contributed by atoms with Gasteiger partial charge in [0.25, 0.3) is 26.0 Å². The van der Waals surface area contributed by atoms with Crippen LogP contribution in [0.25, 0.3) is 0 Å². The molecule has 0 bridgehead atoms. The molecule has 0 aliphatic carbocycles. The van der Waals surface area contributed by atoms with Gasteiger partial charge in [0.1, 0.15) is 16.6 Å². The lowest BCUT2D eigenvalue weighted by molar-refractivity contribution is 0.102. The zero-order chi connectivity index (χ0) is 32.6. The molecule has 5 aromatic rings. The van der Waals surface area contributed by atoms with E-state index in [2.05, 4.69) is 34.3 Å². The maximum atomic E-state index is 12.9. The number of aryl methyl sites for hydroxylation is 2. The first-order chi connectivity index (χ1) is 21.4. The van der Waals surface area contributed by atoms with E-state index in [0.29, 0.717) is 23.5 Å². The van der Waals surface area contributed by atoms with E-state index in [1.807, 2.05) is 13.0 Å². The van der Waals surface area contributed by atoms with E-state index in [4.69, 9.17) is 5.26 Å². The van der Waals surface area contributed by atoms with Crippen LogP contribution in [0.2, 0.25) is 0 Å². The van der Waals surface area contributed by atoms with E-state index in [0.717, 1.165) is 16.5 Å².